The highest BCUT2D eigenvalue weighted by atomic mass is 35.5. The van der Waals surface area contributed by atoms with Gasteiger partial charge in [-0.1, -0.05) is 41.9 Å². The Morgan fingerprint density at radius 2 is 1.80 bits per heavy atom. The summed E-state index contributed by atoms with van der Waals surface area (Å²) in [4.78, 5) is 26.3. The summed E-state index contributed by atoms with van der Waals surface area (Å²) in [5.74, 6) is 0. The summed E-state index contributed by atoms with van der Waals surface area (Å²) in [5, 5.41) is 0.512. The summed E-state index contributed by atoms with van der Waals surface area (Å²) in [6.07, 6.45) is 0. The molecule has 0 saturated carbocycles. The van der Waals surface area contributed by atoms with Crippen LogP contribution in [0.1, 0.15) is 5.56 Å². The number of fused-ring (bicyclic) bond motifs is 1. The maximum absolute atomic E-state index is 12.1. The van der Waals surface area contributed by atoms with Gasteiger partial charge in [0.25, 0.3) is 0 Å². The standard InChI is InChI=1S/C15H11ClN2O2/c16-11-6-7-13-12(8-11)17-14(19)15(20)18(13)9-10-4-2-1-3-5-10/h1-8H,9H2,(H,17,19). The Bertz CT molecular complexity index is 882. The van der Waals surface area contributed by atoms with Crippen LogP contribution in [-0.2, 0) is 6.54 Å². The van der Waals surface area contributed by atoms with Crippen molar-refractivity contribution in [2.75, 3.05) is 0 Å². The third-order valence-corrected chi connectivity index (χ3v) is 3.36. The summed E-state index contributed by atoms with van der Waals surface area (Å²) < 4.78 is 1.46. The lowest BCUT2D eigenvalue weighted by Crippen LogP contribution is -2.36. The van der Waals surface area contributed by atoms with E-state index in [-0.39, 0.29) is 0 Å². The Kier molecular flexibility index (Phi) is 3.16. The van der Waals surface area contributed by atoms with Gasteiger partial charge in [0, 0.05) is 5.02 Å². The maximum atomic E-state index is 12.1. The van der Waals surface area contributed by atoms with Gasteiger partial charge in [0.05, 0.1) is 17.6 Å². The molecule has 0 aliphatic carbocycles. The first-order chi connectivity index (χ1) is 9.65. The molecule has 3 rings (SSSR count). The molecule has 0 fully saturated rings. The Labute approximate surface area is 119 Å². The molecule has 0 unspecified atom stereocenters. The zero-order valence-electron chi connectivity index (χ0n) is 10.5. The molecule has 1 heterocycles. The number of aromatic amines is 1. The zero-order chi connectivity index (χ0) is 14.1. The van der Waals surface area contributed by atoms with E-state index in [4.69, 9.17) is 11.6 Å². The predicted octanol–water partition coefficient (Wildman–Crippen LogP) is 2.39. The fraction of sp³-hybridized carbons (Fsp3) is 0.0667. The smallest absolute Gasteiger partial charge is 0.316 e. The topological polar surface area (TPSA) is 54.9 Å². The molecule has 3 aromatic rings. The molecule has 0 spiro atoms. The number of aromatic nitrogens is 2. The number of nitrogens with one attached hydrogen (secondary N) is 1. The normalized spacial score (nSPS) is 10.8. The van der Waals surface area contributed by atoms with Crippen molar-refractivity contribution in [3.05, 3.63) is 79.8 Å². The van der Waals surface area contributed by atoms with Gasteiger partial charge < -0.3 is 4.98 Å². The molecular formula is C15H11ClN2O2. The molecule has 0 amide bonds. The quantitative estimate of drug-likeness (QED) is 0.736. The van der Waals surface area contributed by atoms with Crippen LogP contribution in [0.4, 0.5) is 0 Å². The summed E-state index contributed by atoms with van der Waals surface area (Å²) in [5.41, 5.74) is 0.955. The van der Waals surface area contributed by atoms with E-state index in [9.17, 15) is 9.59 Å². The lowest BCUT2D eigenvalue weighted by atomic mass is 10.2. The van der Waals surface area contributed by atoms with E-state index in [0.29, 0.717) is 22.6 Å². The first-order valence-electron chi connectivity index (χ1n) is 6.11. The molecule has 20 heavy (non-hydrogen) atoms. The number of halogens is 1. The molecule has 0 aliphatic heterocycles. The lowest BCUT2D eigenvalue weighted by Gasteiger charge is -2.09. The second kappa shape index (κ2) is 4.98. The van der Waals surface area contributed by atoms with Crippen LogP contribution < -0.4 is 11.1 Å². The average Bonchev–Trinajstić information content (AvgIpc) is 2.45. The van der Waals surface area contributed by atoms with Crippen molar-refractivity contribution < 1.29 is 0 Å². The Morgan fingerprint density at radius 1 is 1.05 bits per heavy atom. The highest BCUT2D eigenvalue weighted by Crippen LogP contribution is 2.16. The van der Waals surface area contributed by atoms with Gasteiger partial charge in [-0.3, -0.25) is 14.2 Å². The van der Waals surface area contributed by atoms with Crippen LogP contribution in [0.15, 0.2) is 58.1 Å². The lowest BCUT2D eigenvalue weighted by molar-refractivity contribution is 0.776. The van der Waals surface area contributed by atoms with Crippen LogP contribution in [0.3, 0.4) is 0 Å². The number of nitrogens with zero attached hydrogens (tertiary/aromatic N) is 1. The largest absolute Gasteiger partial charge is 0.317 e. The summed E-state index contributed by atoms with van der Waals surface area (Å²) in [6.45, 7) is 0.349. The van der Waals surface area contributed by atoms with E-state index in [1.54, 1.807) is 18.2 Å². The van der Waals surface area contributed by atoms with Gasteiger partial charge in [0.1, 0.15) is 0 Å². The van der Waals surface area contributed by atoms with Gasteiger partial charge >= 0.3 is 11.1 Å². The number of rotatable bonds is 2. The summed E-state index contributed by atoms with van der Waals surface area (Å²) >= 11 is 5.91. The Morgan fingerprint density at radius 3 is 2.55 bits per heavy atom. The first-order valence-corrected chi connectivity index (χ1v) is 6.49. The third-order valence-electron chi connectivity index (χ3n) is 3.12. The van der Waals surface area contributed by atoms with Crippen LogP contribution in [0.2, 0.25) is 5.02 Å². The van der Waals surface area contributed by atoms with Crippen molar-refractivity contribution in [3.63, 3.8) is 0 Å². The van der Waals surface area contributed by atoms with Crippen molar-refractivity contribution in [1.82, 2.24) is 9.55 Å². The molecule has 0 aliphatic rings. The van der Waals surface area contributed by atoms with Crippen molar-refractivity contribution in [3.8, 4) is 0 Å². The number of hydrogen-bond acceptors (Lipinski definition) is 2. The highest BCUT2D eigenvalue weighted by Gasteiger charge is 2.08. The van der Waals surface area contributed by atoms with Crippen molar-refractivity contribution in [1.29, 1.82) is 0 Å². The minimum absolute atomic E-state index is 0.349. The molecule has 0 saturated heterocycles. The Balaban J connectivity index is 2.26. The molecule has 1 aromatic heterocycles. The summed E-state index contributed by atoms with van der Waals surface area (Å²) in [6, 6.07) is 14.6. The van der Waals surface area contributed by atoms with Crippen LogP contribution >= 0.6 is 11.6 Å². The predicted molar refractivity (Wildman–Crippen MR) is 79.4 cm³/mol. The van der Waals surface area contributed by atoms with E-state index < -0.39 is 11.1 Å². The van der Waals surface area contributed by atoms with Crippen LogP contribution in [-0.4, -0.2) is 9.55 Å². The fourth-order valence-electron chi connectivity index (χ4n) is 2.17. The molecule has 2 aromatic carbocycles. The summed E-state index contributed by atoms with van der Waals surface area (Å²) in [7, 11) is 0. The maximum Gasteiger partial charge on any atom is 0.317 e. The molecule has 0 radical (unpaired) electrons. The van der Waals surface area contributed by atoms with Gasteiger partial charge in [-0.05, 0) is 23.8 Å². The van der Waals surface area contributed by atoms with Crippen LogP contribution in [0.25, 0.3) is 11.0 Å². The van der Waals surface area contributed by atoms with Gasteiger partial charge in [-0.2, -0.15) is 0 Å². The number of H-pyrrole nitrogens is 1. The molecule has 1 N–H and O–H groups in total. The van der Waals surface area contributed by atoms with E-state index in [1.807, 2.05) is 30.3 Å². The highest BCUT2D eigenvalue weighted by molar-refractivity contribution is 6.31. The van der Waals surface area contributed by atoms with Gasteiger partial charge in [0.15, 0.2) is 0 Å². The van der Waals surface area contributed by atoms with Crippen LogP contribution in [0, 0.1) is 0 Å². The minimum Gasteiger partial charge on any atom is -0.316 e. The molecule has 5 heteroatoms. The molecule has 0 bridgehead atoms. The van der Waals surface area contributed by atoms with E-state index >= 15 is 0 Å². The second-order valence-electron chi connectivity index (χ2n) is 4.49. The average molecular weight is 287 g/mol. The molecule has 0 atom stereocenters. The number of benzene rings is 2. The van der Waals surface area contributed by atoms with Crippen molar-refractivity contribution in [2.24, 2.45) is 0 Å². The van der Waals surface area contributed by atoms with Crippen molar-refractivity contribution in [2.45, 2.75) is 6.54 Å². The third kappa shape index (κ3) is 2.26. The Hall–Kier alpha value is -2.33. The molecule has 4 nitrogen and oxygen atoms in total. The minimum atomic E-state index is -0.643. The second-order valence-corrected chi connectivity index (χ2v) is 4.93. The van der Waals surface area contributed by atoms with E-state index in [2.05, 4.69) is 4.98 Å². The van der Waals surface area contributed by atoms with Gasteiger partial charge in [-0.25, -0.2) is 0 Å². The monoisotopic (exact) mass is 286 g/mol. The fourth-order valence-corrected chi connectivity index (χ4v) is 2.35. The molecular weight excluding hydrogens is 276 g/mol. The number of hydrogen-bond donors (Lipinski definition) is 1. The zero-order valence-corrected chi connectivity index (χ0v) is 11.2. The van der Waals surface area contributed by atoms with E-state index in [0.717, 1.165) is 5.56 Å². The van der Waals surface area contributed by atoms with E-state index in [1.165, 1.54) is 4.57 Å². The molecule has 100 valence electrons. The van der Waals surface area contributed by atoms with Gasteiger partial charge in [-0.15, -0.1) is 0 Å². The van der Waals surface area contributed by atoms with Crippen LogP contribution in [0.5, 0.6) is 0 Å². The van der Waals surface area contributed by atoms with Crippen molar-refractivity contribution >= 4 is 22.6 Å². The SMILES string of the molecule is O=c1[nH]c2cc(Cl)ccc2n(Cc2ccccc2)c1=O. The first kappa shape index (κ1) is 12.7. The van der Waals surface area contributed by atoms with Gasteiger partial charge in [0.2, 0.25) is 0 Å².